The molecule has 1 aliphatic rings. The second-order valence-electron chi connectivity index (χ2n) is 9.93. The number of nitrogens with one attached hydrogen (secondary N) is 2. The number of thioether (sulfide) groups is 1. The van der Waals surface area contributed by atoms with Crippen molar-refractivity contribution in [3.63, 3.8) is 0 Å². The fourth-order valence-electron chi connectivity index (χ4n) is 4.31. The Morgan fingerprint density at radius 2 is 1.84 bits per heavy atom. The van der Waals surface area contributed by atoms with Crippen LogP contribution in [0.5, 0.6) is 5.75 Å². The van der Waals surface area contributed by atoms with Crippen molar-refractivity contribution >= 4 is 29.5 Å². The van der Waals surface area contributed by atoms with Crippen molar-refractivity contribution in [2.24, 2.45) is 0 Å². The largest absolute Gasteiger partial charge is 0.508 e. The average Bonchev–Trinajstić information content (AvgIpc) is 3.18. The van der Waals surface area contributed by atoms with Gasteiger partial charge in [0.05, 0.1) is 11.9 Å². The second kappa shape index (κ2) is 11.8. The number of aliphatic hydroxyl groups excluding tert-OH is 1. The molecule has 1 saturated heterocycles. The van der Waals surface area contributed by atoms with Crippen molar-refractivity contribution < 1.29 is 24.6 Å². The minimum Gasteiger partial charge on any atom is -0.508 e. The lowest BCUT2D eigenvalue weighted by atomic mass is 9.96. The van der Waals surface area contributed by atoms with Gasteiger partial charge < -0.3 is 25.7 Å². The van der Waals surface area contributed by atoms with Gasteiger partial charge in [0, 0.05) is 22.4 Å². The first-order valence-electron chi connectivity index (χ1n) is 12.1. The Labute approximate surface area is 222 Å². The maximum atomic E-state index is 13.6. The highest BCUT2D eigenvalue weighted by Gasteiger charge is 2.49. The van der Waals surface area contributed by atoms with E-state index in [1.807, 2.05) is 44.2 Å². The van der Waals surface area contributed by atoms with E-state index in [4.69, 9.17) is 0 Å². The highest BCUT2D eigenvalue weighted by molar-refractivity contribution is 8.00. The number of aliphatic hydroxyl groups is 1. The van der Waals surface area contributed by atoms with Gasteiger partial charge in [0.15, 0.2) is 6.10 Å². The molecule has 3 amide bonds. The predicted molar refractivity (Wildman–Crippen MR) is 145 cm³/mol. The summed E-state index contributed by atoms with van der Waals surface area (Å²) in [5.74, 6) is -1.27. The van der Waals surface area contributed by atoms with Gasteiger partial charge in [-0.3, -0.25) is 14.4 Å². The van der Waals surface area contributed by atoms with E-state index in [2.05, 4.69) is 17.2 Å². The van der Waals surface area contributed by atoms with Crippen molar-refractivity contribution in [3.05, 3.63) is 77.4 Å². The van der Waals surface area contributed by atoms with Crippen LogP contribution < -0.4 is 10.6 Å². The van der Waals surface area contributed by atoms with Gasteiger partial charge in [-0.1, -0.05) is 48.6 Å². The number of hydrogen-bond acceptors (Lipinski definition) is 6. The first-order chi connectivity index (χ1) is 17.4. The fraction of sp³-hybridized carbons (Fsp3) is 0.393. The average molecular weight is 526 g/mol. The van der Waals surface area contributed by atoms with Gasteiger partial charge >= 0.3 is 0 Å². The van der Waals surface area contributed by atoms with Crippen LogP contribution in [0.15, 0.2) is 60.7 Å². The summed E-state index contributed by atoms with van der Waals surface area (Å²) in [6, 6.07) is 12.0. The number of phenols is 1. The normalized spacial score (nSPS) is 18.1. The molecule has 3 atom stereocenters. The first-order valence-corrected chi connectivity index (χ1v) is 13.1. The highest BCUT2D eigenvalue weighted by atomic mass is 32.2. The molecule has 0 aliphatic carbocycles. The van der Waals surface area contributed by atoms with Crippen LogP contribution in [0, 0.1) is 6.92 Å². The van der Waals surface area contributed by atoms with Crippen LogP contribution in [0.3, 0.4) is 0 Å². The molecule has 0 bridgehead atoms. The van der Waals surface area contributed by atoms with Gasteiger partial charge in [-0.15, -0.1) is 11.8 Å². The summed E-state index contributed by atoms with van der Waals surface area (Å²) in [6.07, 6.45) is -1.42. The van der Waals surface area contributed by atoms with E-state index >= 15 is 0 Å². The Bertz CT molecular complexity index is 1170. The molecule has 0 aromatic heterocycles. The first kappa shape index (κ1) is 28.3. The fourth-order valence-corrected chi connectivity index (χ4v) is 5.45. The second-order valence-corrected chi connectivity index (χ2v) is 11.5. The van der Waals surface area contributed by atoms with Gasteiger partial charge in [-0.25, -0.2) is 0 Å². The van der Waals surface area contributed by atoms with Gasteiger partial charge in [-0.05, 0) is 51.8 Å². The van der Waals surface area contributed by atoms with E-state index in [-0.39, 0.29) is 36.1 Å². The molecule has 0 spiro atoms. The zero-order valence-electron chi connectivity index (χ0n) is 21.7. The van der Waals surface area contributed by atoms with E-state index in [1.165, 1.54) is 22.7 Å². The summed E-state index contributed by atoms with van der Waals surface area (Å²) >= 11 is 1.45. The van der Waals surface area contributed by atoms with Gasteiger partial charge in [0.2, 0.25) is 5.91 Å². The Morgan fingerprint density at radius 1 is 1.16 bits per heavy atom. The Kier molecular flexibility index (Phi) is 9.04. The zero-order valence-corrected chi connectivity index (χ0v) is 22.5. The third kappa shape index (κ3) is 6.72. The molecule has 4 N–H and O–H groups in total. The third-order valence-electron chi connectivity index (χ3n) is 6.44. The summed E-state index contributed by atoms with van der Waals surface area (Å²) in [7, 11) is 0. The number of amides is 3. The SMILES string of the molecule is C=C(C)CNC(=O)C1N(C(=O)[C@@H](O)[C@H](Cc2ccccc2)NC(=O)c2cccc(O)c2C)CSC1(C)C. The number of phenolic OH excluding ortho intramolecular Hbond substituents is 1. The van der Waals surface area contributed by atoms with E-state index in [9.17, 15) is 24.6 Å². The number of hydrogen-bond donors (Lipinski definition) is 4. The summed E-state index contributed by atoms with van der Waals surface area (Å²) in [5.41, 5.74) is 2.24. The zero-order chi connectivity index (χ0) is 27.3. The van der Waals surface area contributed by atoms with Crippen LogP contribution >= 0.6 is 11.8 Å². The molecule has 37 heavy (non-hydrogen) atoms. The van der Waals surface area contributed by atoms with E-state index in [1.54, 1.807) is 26.0 Å². The number of carbonyl (C=O) groups excluding carboxylic acids is 3. The Morgan fingerprint density at radius 3 is 2.49 bits per heavy atom. The summed E-state index contributed by atoms with van der Waals surface area (Å²) in [5, 5.41) is 26.9. The third-order valence-corrected chi connectivity index (χ3v) is 7.82. The molecule has 0 radical (unpaired) electrons. The van der Waals surface area contributed by atoms with Crippen LogP contribution in [-0.4, -0.2) is 68.2 Å². The lowest BCUT2D eigenvalue weighted by Gasteiger charge is -2.33. The number of rotatable bonds is 9. The number of benzene rings is 2. The molecule has 9 heteroatoms. The minimum atomic E-state index is -1.60. The quantitative estimate of drug-likeness (QED) is 0.374. The molecule has 198 valence electrons. The molecule has 0 saturated carbocycles. The monoisotopic (exact) mass is 525 g/mol. The topological polar surface area (TPSA) is 119 Å². The molecule has 3 rings (SSSR count). The molecule has 1 heterocycles. The van der Waals surface area contributed by atoms with Crippen LogP contribution in [0.1, 0.15) is 42.3 Å². The van der Waals surface area contributed by atoms with Crippen LogP contribution in [0.4, 0.5) is 0 Å². The van der Waals surface area contributed by atoms with Crippen molar-refractivity contribution in [1.29, 1.82) is 0 Å². The van der Waals surface area contributed by atoms with E-state index in [0.717, 1.165) is 11.1 Å². The Balaban J connectivity index is 1.87. The standard InChI is InChI=1S/C28H35N3O5S/c1-17(2)15-29-26(35)24-28(4,5)37-16-31(24)27(36)23(33)21(14-19-10-7-6-8-11-19)30-25(34)20-12-9-13-22(32)18(20)3/h6-13,21,23-24,32-33H,1,14-16H2,2-5H3,(H,29,35)(H,30,34)/t21-,23-,24?/m0/s1. The van der Waals surface area contributed by atoms with Crippen LogP contribution in [0.2, 0.25) is 0 Å². The highest BCUT2D eigenvalue weighted by Crippen LogP contribution is 2.39. The molecule has 1 fully saturated rings. The van der Waals surface area contributed by atoms with Gasteiger partial charge in [-0.2, -0.15) is 0 Å². The molecule has 1 unspecified atom stereocenters. The lowest BCUT2D eigenvalue weighted by molar-refractivity contribution is -0.147. The smallest absolute Gasteiger partial charge is 0.254 e. The molecule has 8 nitrogen and oxygen atoms in total. The van der Waals surface area contributed by atoms with Crippen molar-refractivity contribution in [1.82, 2.24) is 15.5 Å². The van der Waals surface area contributed by atoms with Crippen molar-refractivity contribution in [2.75, 3.05) is 12.4 Å². The number of nitrogens with zero attached hydrogens (tertiary/aromatic N) is 1. The maximum absolute atomic E-state index is 13.6. The van der Waals surface area contributed by atoms with Gasteiger partial charge in [0.25, 0.3) is 11.8 Å². The number of carbonyl (C=O) groups is 3. The van der Waals surface area contributed by atoms with Crippen molar-refractivity contribution in [2.45, 2.75) is 57.1 Å². The van der Waals surface area contributed by atoms with E-state index in [0.29, 0.717) is 5.56 Å². The lowest BCUT2D eigenvalue weighted by Crippen LogP contribution is -2.58. The summed E-state index contributed by atoms with van der Waals surface area (Å²) in [4.78, 5) is 41.2. The Hall–Kier alpha value is -3.30. The molecule has 2 aromatic rings. The molecule has 2 aromatic carbocycles. The maximum Gasteiger partial charge on any atom is 0.254 e. The molecular formula is C28H35N3O5S. The predicted octanol–water partition coefficient (Wildman–Crippen LogP) is 2.78. The summed E-state index contributed by atoms with van der Waals surface area (Å²) in [6.45, 7) is 11.3. The summed E-state index contributed by atoms with van der Waals surface area (Å²) < 4.78 is -0.578. The molecule has 1 aliphatic heterocycles. The van der Waals surface area contributed by atoms with Crippen molar-refractivity contribution in [3.8, 4) is 5.75 Å². The molecular weight excluding hydrogens is 490 g/mol. The van der Waals surface area contributed by atoms with Crippen LogP contribution in [0.25, 0.3) is 0 Å². The van der Waals surface area contributed by atoms with Crippen LogP contribution in [-0.2, 0) is 16.0 Å². The number of aromatic hydroxyl groups is 1. The van der Waals surface area contributed by atoms with Gasteiger partial charge in [0.1, 0.15) is 11.8 Å². The van der Waals surface area contributed by atoms with E-state index < -0.39 is 34.7 Å². The minimum absolute atomic E-state index is 0.0242.